The van der Waals surface area contributed by atoms with Gasteiger partial charge in [-0.05, 0) is 43.3 Å². The highest BCUT2D eigenvalue weighted by atomic mass is 35.5. The number of hydrogen-bond donors (Lipinski definition) is 2. The average Bonchev–Trinajstić information content (AvgIpc) is 3.59. The largest absolute Gasteiger partial charge is 0.459 e. The second-order valence-corrected chi connectivity index (χ2v) is 10.9. The number of benzene rings is 3. The minimum Gasteiger partial charge on any atom is -0.459 e. The number of ether oxygens (including phenoxy) is 4. The molecule has 3 N–H and O–H groups in total. The van der Waals surface area contributed by atoms with Crippen LogP contribution in [0.15, 0.2) is 91.0 Å². The zero-order valence-electron chi connectivity index (χ0n) is 24.0. The summed E-state index contributed by atoms with van der Waals surface area (Å²) in [5.74, 6) is -1.80. The number of halogens is 1. The number of aromatic nitrogens is 2. The number of nitrogens with zero attached hydrogens (tertiary/aromatic N) is 3. The van der Waals surface area contributed by atoms with Crippen LogP contribution < -0.4 is 16.0 Å². The molecule has 1 aromatic heterocycles. The zero-order valence-corrected chi connectivity index (χ0v) is 24.7. The van der Waals surface area contributed by atoms with E-state index in [1.807, 2.05) is 0 Å². The Morgan fingerprint density at radius 2 is 1.47 bits per heavy atom. The van der Waals surface area contributed by atoms with Gasteiger partial charge in [-0.3, -0.25) is 0 Å². The topological polar surface area (TPSA) is 155 Å². The number of hydrogen-bond acceptors (Lipinski definition) is 12. The van der Waals surface area contributed by atoms with Gasteiger partial charge in [0.15, 0.2) is 28.9 Å². The van der Waals surface area contributed by atoms with E-state index >= 15 is 0 Å². The van der Waals surface area contributed by atoms with Crippen LogP contribution in [0, 0.1) is 0 Å². The van der Waals surface area contributed by atoms with E-state index in [9.17, 15) is 14.4 Å². The first-order valence-corrected chi connectivity index (χ1v) is 14.4. The Morgan fingerprint density at radius 1 is 0.911 bits per heavy atom. The van der Waals surface area contributed by atoms with E-state index in [0.29, 0.717) is 11.3 Å². The van der Waals surface area contributed by atoms with Gasteiger partial charge in [-0.25, -0.2) is 14.4 Å². The lowest BCUT2D eigenvalue weighted by Gasteiger charge is -2.38. The van der Waals surface area contributed by atoms with E-state index in [0.717, 1.165) is 0 Å². The maximum absolute atomic E-state index is 13.6. The van der Waals surface area contributed by atoms with Crippen LogP contribution in [0.25, 0.3) is 0 Å². The Bertz CT molecular complexity index is 1710. The first kappa shape index (κ1) is 29.9. The lowest BCUT2D eigenvalue weighted by atomic mass is 9.94. The molecule has 45 heavy (non-hydrogen) atoms. The molecule has 3 heterocycles. The van der Waals surface area contributed by atoms with Gasteiger partial charge >= 0.3 is 17.9 Å². The van der Waals surface area contributed by atoms with Crippen molar-refractivity contribution < 1.29 is 33.3 Å². The molecule has 2 aliphatic heterocycles. The number of nitrogen functional groups attached to an aromatic ring is 1. The quantitative estimate of drug-likeness (QED) is 0.162. The summed E-state index contributed by atoms with van der Waals surface area (Å²) >= 11 is 6.35. The fraction of sp³-hybridized carbons (Fsp3) is 0.219. The summed E-state index contributed by atoms with van der Waals surface area (Å²) in [4.78, 5) is 49.9. The Hall–Kier alpha value is -5.20. The van der Waals surface area contributed by atoms with Crippen molar-refractivity contribution in [2.24, 2.45) is 0 Å². The Balaban J connectivity index is 1.39. The molecular weight excluding hydrogens is 602 g/mol. The summed E-state index contributed by atoms with van der Waals surface area (Å²) in [5.41, 5.74) is 5.48. The molecule has 4 atom stereocenters. The number of carbonyl (C=O) groups excluding carboxylic acids is 3. The molecule has 1 fully saturated rings. The molecule has 0 bridgehead atoms. The highest BCUT2D eigenvalue weighted by Crippen LogP contribution is 2.45. The van der Waals surface area contributed by atoms with Crippen molar-refractivity contribution in [2.45, 2.75) is 31.0 Å². The third kappa shape index (κ3) is 5.97. The fourth-order valence-electron chi connectivity index (χ4n) is 5.33. The molecule has 6 rings (SSSR count). The second kappa shape index (κ2) is 12.4. The molecule has 230 valence electrons. The van der Waals surface area contributed by atoms with Crippen molar-refractivity contribution >= 4 is 47.0 Å². The lowest BCUT2D eigenvalue weighted by Crippen LogP contribution is -2.57. The lowest BCUT2D eigenvalue weighted by molar-refractivity contribution is -0.0877. The molecular formula is C32H28ClN5O7. The monoisotopic (exact) mass is 629 g/mol. The molecule has 2 aliphatic rings. The van der Waals surface area contributed by atoms with Crippen LogP contribution >= 0.6 is 11.6 Å². The van der Waals surface area contributed by atoms with Crippen molar-refractivity contribution in [3.8, 4) is 0 Å². The summed E-state index contributed by atoms with van der Waals surface area (Å²) in [5, 5.41) is 3.20. The highest BCUT2D eigenvalue weighted by Gasteiger charge is 2.62. The van der Waals surface area contributed by atoms with Gasteiger partial charge in [0, 0.05) is 0 Å². The van der Waals surface area contributed by atoms with Gasteiger partial charge in [0.05, 0.1) is 23.4 Å². The van der Waals surface area contributed by atoms with Crippen LogP contribution in [0.2, 0.25) is 5.15 Å². The fourth-order valence-corrected chi connectivity index (χ4v) is 5.57. The average molecular weight is 630 g/mol. The molecule has 3 aromatic carbocycles. The van der Waals surface area contributed by atoms with E-state index in [-0.39, 0.29) is 41.3 Å². The molecule has 1 saturated heterocycles. The third-order valence-corrected chi connectivity index (χ3v) is 7.77. The SMILES string of the molecule is C[C@@]1(OC(=O)c2ccccc2)[C@H](OC(=O)c2ccccc2)[C@@H](COC(=O)c2ccccc2)O[C@H]1N1CNc2c(Cl)nc(N)nc21. The Kier molecular flexibility index (Phi) is 8.24. The maximum Gasteiger partial charge on any atom is 0.338 e. The molecule has 12 nitrogen and oxygen atoms in total. The number of nitrogens with one attached hydrogen (secondary N) is 1. The number of esters is 3. The Labute approximate surface area is 263 Å². The van der Waals surface area contributed by atoms with Crippen LogP contribution in [0.4, 0.5) is 17.5 Å². The predicted octanol–water partition coefficient (Wildman–Crippen LogP) is 4.32. The number of rotatable bonds is 8. The third-order valence-electron chi connectivity index (χ3n) is 7.49. The standard InChI is InChI=1S/C32H28ClN5O7/c1-32(45-29(41)21-15-9-4-10-16-21)24(44-28(40)20-13-7-3-8-14-20)22(17-42-27(39)19-11-5-2-6-12-19)43-30(32)38-18-35-23-25(33)36-31(34)37-26(23)38/h2-16,22,24,30,35H,17-18H2,1H3,(H2,34,36,37)/t22-,24-,30-,32-/m1/s1. The molecule has 0 aliphatic carbocycles. The van der Waals surface area contributed by atoms with Gasteiger partial charge < -0.3 is 34.9 Å². The minimum atomic E-state index is -1.68. The summed E-state index contributed by atoms with van der Waals surface area (Å²) < 4.78 is 24.4. The van der Waals surface area contributed by atoms with E-state index in [2.05, 4.69) is 15.3 Å². The van der Waals surface area contributed by atoms with Gasteiger partial charge in [-0.15, -0.1) is 0 Å². The number of anilines is 3. The first-order valence-electron chi connectivity index (χ1n) is 14.0. The molecule has 0 amide bonds. The van der Waals surface area contributed by atoms with E-state index < -0.39 is 41.9 Å². The van der Waals surface area contributed by atoms with Gasteiger partial charge in [0.2, 0.25) is 5.95 Å². The number of carbonyl (C=O) groups is 3. The Morgan fingerprint density at radius 3 is 2.07 bits per heavy atom. The van der Waals surface area contributed by atoms with Gasteiger partial charge in [-0.1, -0.05) is 66.2 Å². The van der Waals surface area contributed by atoms with Crippen LogP contribution in [0.5, 0.6) is 0 Å². The summed E-state index contributed by atoms with van der Waals surface area (Å²) in [6.45, 7) is 1.35. The van der Waals surface area contributed by atoms with Crippen molar-refractivity contribution in [3.05, 3.63) is 113 Å². The first-order chi connectivity index (χ1) is 21.7. The number of nitrogens with two attached hydrogens (primary N) is 1. The molecule has 0 spiro atoms. The molecule has 4 aromatic rings. The van der Waals surface area contributed by atoms with Crippen molar-refractivity contribution in [1.82, 2.24) is 9.97 Å². The zero-order chi connectivity index (χ0) is 31.6. The molecule has 0 saturated carbocycles. The molecule has 13 heteroatoms. The summed E-state index contributed by atoms with van der Waals surface area (Å²) in [7, 11) is 0. The van der Waals surface area contributed by atoms with Crippen molar-refractivity contribution in [1.29, 1.82) is 0 Å². The smallest absolute Gasteiger partial charge is 0.338 e. The second-order valence-electron chi connectivity index (χ2n) is 10.5. The minimum absolute atomic E-state index is 0.0846. The van der Waals surface area contributed by atoms with Crippen molar-refractivity contribution in [3.63, 3.8) is 0 Å². The van der Waals surface area contributed by atoms with Gasteiger partial charge in [-0.2, -0.15) is 9.97 Å². The normalized spacial score (nSPS) is 21.8. The maximum atomic E-state index is 13.6. The van der Waals surface area contributed by atoms with Crippen LogP contribution in [0.3, 0.4) is 0 Å². The highest BCUT2D eigenvalue weighted by molar-refractivity contribution is 6.32. The van der Waals surface area contributed by atoms with E-state index in [4.69, 9.17) is 36.3 Å². The molecule has 0 radical (unpaired) electrons. The molecule has 0 unspecified atom stereocenters. The summed E-state index contributed by atoms with van der Waals surface area (Å²) in [6.07, 6.45) is -3.47. The summed E-state index contributed by atoms with van der Waals surface area (Å²) in [6, 6.07) is 25.1. The van der Waals surface area contributed by atoms with Crippen LogP contribution in [0.1, 0.15) is 38.0 Å². The van der Waals surface area contributed by atoms with Crippen LogP contribution in [-0.2, 0) is 18.9 Å². The van der Waals surface area contributed by atoms with E-state index in [1.54, 1.807) is 103 Å². The van der Waals surface area contributed by atoms with Gasteiger partial charge in [0.25, 0.3) is 0 Å². The van der Waals surface area contributed by atoms with E-state index in [1.165, 1.54) is 0 Å². The number of fused-ring (bicyclic) bond motifs is 1. The van der Waals surface area contributed by atoms with Crippen LogP contribution in [-0.4, -0.2) is 65.2 Å². The predicted molar refractivity (Wildman–Crippen MR) is 164 cm³/mol. The van der Waals surface area contributed by atoms with Gasteiger partial charge in [0.1, 0.15) is 18.4 Å². The van der Waals surface area contributed by atoms with Crippen molar-refractivity contribution in [2.75, 3.05) is 29.2 Å².